The molecule has 0 amide bonds. The zero-order valence-electron chi connectivity index (χ0n) is 21.7. The second-order valence-corrected chi connectivity index (χ2v) is 13.8. The molecule has 1 aliphatic carbocycles. The molecular weight excluding hydrogens is 440 g/mol. The molecule has 0 bridgehead atoms. The standard InChI is InChI=1S/C24H50O6Si2/c1-8-23-21-22(17-19-31(25-9-2,26-10-3)27-11-4)15-16-24(23)18-20-32(28-12-5,29-13-6)30-14-7/h8,22-24H,1,9-21H2,2-7H3. The van der Waals surface area contributed by atoms with Gasteiger partial charge in [0.2, 0.25) is 0 Å². The van der Waals surface area contributed by atoms with Gasteiger partial charge in [-0.2, -0.15) is 0 Å². The van der Waals surface area contributed by atoms with E-state index in [1.807, 2.05) is 41.5 Å². The van der Waals surface area contributed by atoms with Gasteiger partial charge >= 0.3 is 17.6 Å². The van der Waals surface area contributed by atoms with E-state index in [9.17, 15) is 0 Å². The first-order chi connectivity index (χ1) is 15.5. The minimum Gasteiger partial charge on any atom is -0.374 e. The molecule has 0 radical (unpaired) electrons. The fourth-order valence-electron chi connectivity index (χ4n) is 5.01. The Hall–Kier alpha value is -0.0662. The highest BCUT2D eigenvalue weighted by molar-refractivity contribution is 6.61. The Kier molecular flexibility index (Phi) is 15.5. The number of hydrogen-bond acceptors (Lipinski definition) is 6. The first kappa shape index (κ1) is 30.0. The summed E-state index contributed by atoms with van der Waals surface area (Å²) in [6.45, 7) is 20.1. The second kappa shape index (κ2) is 16.5. The van der Waals surface area contributed by atoms with Crippen LogP contribution in [0.1, 0.15) is 73.6 Å². The number of allylic oxidation sites excluding steroid dienone is 1. The molecule has 1 fully saturated rings. The van der Waals surface area contributed by atoms with Crippen molar-refractivity contribution in [2.75, 3.05) is 39.6 Å². The van der Waals surface area contributed by atoms with Crippen LogP contribution in [-0.2, 0) is 26.6 Å². The molecule has 0 aromatic rings. The largest absolute Gasteiger partial charge is 0.500 e. The van der Waals surface area contributed by atoms with E-state index in [-0.39, 0.29) is 0 Å². The Morgan fingerprint density at radius 3 is 1.44 bits per heavy atom. The first-order valence-corrected chi connectivity index (χ1v) is 16.8. The van der Waals surface area contributed by atoms with Crippen LogP contribution in [0, 0.1) is 17.8 Å². The monoisotopic (exact) mass is 490 g/mol. The maximum absolute atomic E-state index is 6.07. The van der Waals surface area contributed by atoms with E-state index >= 15 is 0 Å². The molecule has 0 spiro atoms. The minimum atomic E-state index is -2.58. The van der Waals surface area contributed by atoms with Crippen LogP contribution in [-0.4, -0.2) is 57.3 Å². The van der Waals surface area contributed by atoms with E-state index in [0.717, 1.165) is 24.9 Å². The van der Waals surface area contributed by atoms with E-state index in [0.29, 0.717) is 57.4 Å². The maximum Gasteiger partial charge on any atom is 0.500 e. The van der Waals surface area contributed by atoms with Gasteiger partial charge in [-0.1, -0.05) is 12.5 Å². The fraction of sp³-hybridized carbons (Fsp3) is 0.917. The molecule has 0 aliphatic heterocycles. The van der Waals surface area contributed by atoms with Crippen LogP contribution in [0.3, 0.4) is 0 Å². The lowest BCUT2D eigenvalue weighted by Crippen LogP contribution is -2.47. The predicted octanol–water partition coefficient (Wildman–Crippen LogP) is 6.08. The molecule has 1 aliphatic rings. The summed E-state index contributed by atoms with van der Waals surface area (Å²) in [6.07, 6.45) is 7.96. The number of hydrogen-bond donors (Lipinski definition) is 0. The van der Waals surface area contributed by atoms with Crippen LogP contribution < -0.4 is 0 Å². The molecule has 0 heterocycles. The molecule has 3 unspecified atom stereocenters. The highest BCUT2D eigenvalue weighted by Crippen LogP contribution is 2.41. The van der Waals surface area contributed by atoms with Crippen molar-refractivity contribution < 1.29 is 26.6 Å². The summed E-state index contributed by atoms with van der Waals surface area (Å²) in [6, 6.07) is 1.79. The first-order valence-electron chi connectivity index (χ1n) is 12.9. The maximum atomic E-state index is 6.07. The van der Waals surface area contributed by atoms with Gasteiger partial charge in [-0.25, -0.2) is 0 Å². The van der Waals surface area contributed by atoms with Crippen molar-refractivity contribution in [1.82, 2.24) is 0 Å². The SMILES string of the molecule is C=CC1CC(CC[Si](OCC)(OCC)OCC)CCC1CC[Si](OCC)(OCC)OCC. The van der Waals surface area contributed by atoms with Gasteiger partial charge in [0, 0.05) is 51.7 Å². The van der Waals surface area contributed by atoms with Gasteiger partial charge in [0.25, 0.3) is 0 Å². The zero-order chi connectivity index (χ0) is 23.9. The highest BCUT2D eigenvalue weighted by atomic mass is 28.4. The number of rotatable bonds is 19. The van der Waals surface area contributed by atoms with Crippen LogP contribution >= 0.6 is 0 Å². The van der Waals surface area contributed by atoms with Crippen molar-refractivity contribution in [2.24, 2.45) is 17.8 Å². The Morgan fingerprint density at radius 2 is 1.06 bits per heavy atom. The molecule has 0 aromatic heterocycles. The summed E-state index contributed by atoms with van der Waals surface area (Å²) < 4.78 is 36.4. The molecule has 0 N–H and O–H groups in total. The van der Waals surface area contributed by atoms with Crippen LogP contribution in [0.15, 0.2) is 12.7 Å². The lowest BCUT2D eigenvalue weighted by molar-refractivity contribution is 0.0645. The van der Waals surface area contributed by atoms with Crippen LogP contribution in [0.5, 0.6) is 0 Å². The lowest BCUT2D eigenvalue weighted by Gasteiger charge is -2.37. The highest BCUT2D eigenvalue weighted by Gasteiger charge is 2.43. The van der Waals surface area contributed by atoms with Crippen molar-refractivity contribution in [3.05, 3.63) is 12.7 Å². The Morgan fingerprint density at radius 1 is 0.656 bits per heavy atom. The third-order valence-corrected chi connectivity index (χ3v) is 12.5. The molecule has 1 saturated carbocycles. The summed E-state index contributed by atoms with van der Waals surface area (Å²) in [5.41, 5.74) is 0. The van der Waals surface area contributed by atoms with Crippen molar-refractivity contribution in [1.29, 1.82) is 0 Å². The lowest BCUT2D eigenvalue weighted by atomic mass is 9.72. The molecule has 0 saturated heterocycles. The Bertz CT molecular complexity index is 459. The van der Waals surface area contributed by atoms with Crippen molar-refractivity contribution in [2.45, 2.75) is 85.7 Å². The Labute approximate surface area is 200 Å². The normalized spacial score (nSPS) is 22.2. The average Bonchev–Trinajstić information content (AvgIpc) is 2.77. The Balaban J connectivity index is 2.70. The van der Waals surface area contributed by atoms with Gasteiger partial charge in [-0.3, -0.25) is 0 Å². The van der Waals surface area contributed by atoms with E-state index in [1.165, 1.54) is 19.3 Å². The quantitative estimate of drug-likeness (QED) is 0.161. The van der Waals surface area contributed by atoms with Crippen molar-refractivity contribution >= 4 is 17.6 Å². The molecule has 6 nitrogen and oxygen atoms in total. The molecule has 32 heavy (non-hydrogen) atoms. The molecule has 0 aromatic carbocycles. The third-order valence-electron chi connectivity index (χ3n) is 6.33. The van der Waals surface area contributed by atoms with Gasteiger partial charge in [-0.15, -0.1) is 6.58 Å². The van der Waals surface area contributed by atoms with Gasteiger partial charge in [0.15, 0.2) is 0 Å². The topological polar surface area (TPSA) is 55.4 Å². The van der Waals surface area contributed by atoms with Crippen LogP contribution in [0.25, 0.3) is 0 Å². The summed E-state index contributed by atoms with van der Waals surface area (Å²) in [5, 5.41) is 0. The van der Waals surface area contributed by atoms with Gasteiger partial charge in [0.05, 0.1) is 0 Å². The zero-order valence-corrected chi connectivity index (χ0v) is 23.7. The summed E-state index contributed by atoms with van der Waals surface area (Å²) in [5.74, 6) is 1.80. The molecule has 8 heteroatoms. The minimum absolute atomic E-state index is 0.521. The van der Waals surface area contributed by atoms with Gasteiger partial charge < -0.3 is 26.6 Å². The van der Waals surface area contributed by atoms with E-state index < -0.39 is 17.6 Å². The van der Waals surface area contributed by atoms with E-state index in [1.54, 1.807) is 0 Å². The van der Waals surface area contributed by atoms with Crippen LogP contribution in [0.4, 0.5) is 0 Å². The summed E-state index contributed by atoms with van der Waals surface area (Å²) in [4.78, 5) is 0. The fourth-order valence-corrected chi connectivity index (χ4v) is 10.5. The van der Waals surface area contributed by atoms with Gasteiger partial charge in [-0.05, 0) is 85.0 Å². The summed E-state index contributed by atoms with van der Waals surface area (Å²) >= 11 is 0. The molecular formula is C24H50O6Si2. The molecule has 190 valence electrons. The third kappa shape index (κ3) is 9.66. The molecule has 3 atom stereocenters. The smallest absolute Gasteiger partial charge is 0.374 e. The summed E-state index contributed by atoms with van der Waals surface area (Å²) in [7, 11) is -5.15. The van der Waals surface area contributed by atoms with Gasteiger partial charge in [0.1, 0.15) is 0 Å². The van der Waals surface area contributed by atoms with Crippen LogP contribution in [0.2, 0.25) is 12.1 Å². The predicted molar refractivity (Wildman–Crippen MR) is 135 cm³/mol. The van der Waals surface area contributed by atoms with E-state index in [4.69, 9.17) is 26.6 Å². The second-order valence-electron chi connectivity index (χ2n) is 8.38. The van der Waals surface area contributed by atoms with E-state index in [2.05, 4.69) is 12.7 Å². The molecule has 1 rings (SSSR count). The van der Waals surface area contributed by atoms with Crippen molar-refractivity contribution in [3.8, 4) is 0 Å². The van der Waals surface area contributed by atoms with Crippen molar-refractivity contribution in [3.63, 3.8) is 0 Å². The average molecular weight is 491 g/mol.